The van der Waals surface area contributed by atoms with Gasteiger partial charge in [-0.25, -0.2) is 4.68 Å². The normalized spacial score (nSPS) is 11.1. The Balaban J connectivity index is 2.30. The van der Waals surface area contributed by atoms with E-state index in [1.165, 1.54) is 11.1 Å². The first kappa shape index (κ1) is 11.5. The predicted molar refractivity (Wildman–Crippen MR) is 78.2 cm³/mol. The largest absolute Gasteiger partial charge is 0.233 e. The summed E-state index contributed by atoms with van der Waals surface area (Å²) >= 11 is 3.59. The summed E-state index contributed by atoms with van der Waals surface area (Å²) in [6.07, 6.45) is 1.90. The molecule has 0 radical (unpaired) electrons. The third-order valence-corrected chi connectivity index (χ3v) is 3.68. The van der Waals surface area contributed by atoms with Crippen molar-refractivity contribution in [1.82, 2.24) is 9.78 Å². The van der Waals surface area contributed by atoms with Gasteiger partial charge in [0, 0.05) is 9.86 Å². The van der Waals surface area contributed by atoms with Crippen molar-refractivity contribution in [3.63, 3.8) is 0 Å². The Hall–Kier alpha value is -1.61. The number of hydrogen-bond donors (Lipinski definition) is 0. The molecule has 0 saturated carbocycles. The quantitative estimate of drug-likeness (QED) is 0.651. The minimum Gasteiger partial charge on any atom is -0.233 e. The molecular weight excluding hydrogens is 288 g/mol. The van der Waals surface area contributed by atoms with Gasteiger partial charge < -0.3 is 0 Å². The first-order chi connectivity index (χ1) is 8.65. The van der Waals surface area contributed by atoms with E-state index < -0.39 is 0 Å². The molecule has 0 aliphatic heterocycles. The van der Waals surface area contributed by atoms with E-state index in [1.54, 1.807) is 0 Å². The van der Waals surface area contributed by atoms with Crippen LogP contribution in [0.25, 0.3) is 16.6 Å². The van der Waals surface area contributed by atoms with E-state index in [-0.39, 0.29) is 0 Å². The van der Waals surface area contributed by atoms with Gasteiger partial charge in [0.25, 0.3) is 0 Å². The van der Waals surface area contributed by atoms with Crippen molar-refractivity contribution in [3.05, 3.63) is 58.2 Å². The van der Waals surface area contributed by atoms with Gasteiger partial charge in [-0.1, -0.05) is 28.1 Å². The van der Waals surface area contributed by atoms with E-state index in [9.17, 15) is 0 Å². The number of aromatic nitrogens is 2. The van der Waals surface area contributed by atoms with E-state index in [1.807, 2.05) is 10.9 Å². The summed E-state index contributed by atoms with van der Waals surface area (Å²) in [4.78, 5) is 0. The van der Waals surface area contributed by atoms with Gasteiger partial charge in [0.1, 0.15) is 0 Å². The average molecular weight is 301 g/mol. The highest BCUT2D eigenvalue weighted by Gasteiger charge is 2.08. The summed E-state index contributed by atoms with van der Waals surface area (Å²) in [6.45, 7) is 4.19. The molecule has 2 nitrogen and oxygen atoms in total. The number of aryl methyl sites for hydroxylation is 2. The van der Waals surface area contributed by atoms with Gasteiger partial charge in [-0.05, 0) is 49.2 Å². The van der Waals surface area contributed by atoms with Crippen LogP contribution < -0.4 is 0 Å². The van der Waals surface area contributed by atoms with Crippen LogP contribution in [0.15, 0.2) is 47.1 Å². The third-order valence-electron chi connectivity index (χ3n) is 3.03. The molecule has 0 aliphatic rings. The summed E-state index contributed by atoms with van der Waals surface area (Å²) in [5.74, 6) is 0. The van der Waals surface area contributed by atoms with Crippen molar-refractivity contribution in [2.75, 3.05) is 0 Å². The Bertz CT molecular complexity index is 728. The lowest BCUT2D eigenvalue weighted by molar-refractivity contribution is 0.909. The third kappa shape index (κ3) is 1.85. The molecule has 0 N–H and O–H groups in total. The summed E-state index contributed by atoms with van der Waals surface area (Å²) in [7, 11) is 0. The van der Waals surface area contributed by atoms with Crippen LogP contribution in [-0.4, -0.2) is 9.78 Å². The number of benzene rings is 2. The first-order valence-corrected chi connectivity index (χ1v) is 6.65. The van der Waals surface area contributed by atoms with Gasteiger partial charge in [-0.3, -0.25) is 0 Å². The zero-order valence-electron chi connectivity index (χ0n) is 10.3. The molecule has 0 fully saturated rings. The second-order valence-electron chi connectivity index (χ2n) is 4.57. The van der Waals surface area contributed by atoms with Crippen molar-refractivity contribution in [1.29, 1.82) is 0 Å². The SMILES string of the molecule is Cc1cccc(-n2ncc3c(Br)cc(C)cc32)c1. The summed E-state index contributed by atoms with van der Waals surface area (Å²) in [5, 5.41) is 5.64. The molecule has 1 heterocycles. The van der Waals surface area contributed by atoms with Crippen molar-refractivity contribution in [3.8, 4) is 5.69 Å². The fraction of sp³-hybridized carbons (Fsp3) is 0.133. The van der Waals surface area contributed by atoms with Crippen molar-refractivity contribution in [2.45, 2.75) is 13.8 Å². The number of hydrogen-bond acceptors (Lipinski definition) is 1. The van der Waals surface area contributed by atoms with E-state index in [4.69, 9.17) is 0 Å². The minimum absolute atomic E-state index is 1.09. The van der Waals surface area contributed by atoms with Gasteiger partial charge in [0.05, 0.1) is 17.4 Å². The fourth-order valence-corrected chi connectivity index (χ4v) is 2.85. The highest BCUT2D eigenvalue weighted by Crippen LogP contribution is 2.27. The maximum Gasteiger partial charge on any atom is 0.0755 e. The molecule has 0 saturated heterocycles. The summed E-state index contributed by atoms with van der Waals surface area (Å²) < 4.78 is 3.08. The lowest BCUT2D eigenvalue weighted by Gasteiger charge is -2.05. The maximum absolute atomic E-state index is 4.50. The second kappa shape index (κ2) is 4.25. The highest BCUT2D eigenvalue weighted by molar-refractivity contribution is 9.10. The van der Waals surface area contributed by atoms with Crippen LogP contribution in [0, 0.1) is 13.8 Å². The summed E-state index contributed by atoms with van der Waals surface area (Å²) in [5.41, 5.74) is 4.70. The summed E-state index contributed by atoms with van der Waals surface area (Å²) in [6, 6.07) is 12.7. The van der Waals surface area contributed by atoms with Crippen LogP contribution in [0.3, 0.4) is 0 Å². The molecule has 90 valence electrons. The number of rotatable bonds is 1. The zero-order valence-corrected chi connectivity index (χ0v) is 11.9. The topological polar surface area (TPSA) is 17.8 Å². The van der Waals surface area contributed by atoms with E-state index in [2.05, 4.69) is 71.3 Å². The molecule has 2 aromatic carbocycles. The van der Waals surface area contributed by atoms with Crippen molar-refractivity contribution < 1.29 is 0 Å². The standard InChI is InChI=1S/C15H13BrN2/c1-10-4-3-5-12(6-10)18-15-8-11(2)7-14(16)13(15)9-17-18/h3-9H,1-2H3. The molecule has 0 aliphatic carbocycles. The number of fused-ring (bicyclic) bond motifs is 1. The lowest BCUT2D eigenvalue weighted by atomic mass is 10.2. The fourth-order valence-electron chi connectivity index (χ4n) is 2.18. The molecule has 0 amide bonds. The molecule has 0 unspecified atom stereocenters. The molecule has 18 heavy (non-hydrogen) atoms. The Labute approximate surface area is 114 Å². The zero-order chi connectivity index (χ0) is 12.7. The highest BCUT2D eigenvalue weighted by atomic mass is 79.9. The lowest BCUT2D eigenvalue weighted by Crippen LogP contribution is -1.96. The Kier molecular flexibility index (Phi) is 2.71. The van der Waals surface area contributed by atoms with Gasteiger partial charge in [0.15, 0.2) is 0 Å². The van der Waals surface area contributed by atoms with E-state index in [0.29, 0.717) is 0 Å². The molecule has 0 bridgehead atoms. The van der Waals surface area contributed by atoms with Crippen LogP contribution in [0.2, 0.25) is 0 Å². The molecular formula is C15H13BrN2. The first-order valence-electron chi connectivity index (χ1n) is 5.86. The van der Waals surface area contributed by atoms with Crippen LogP contribution in [0.5, 0.6) is 0 Å². The van der Waals surface area contributed by atoms with Crippen LogP contribution in [0.1, 0.15) is 11.1 Å². The molecule has 0 spiro atoms. The second-order valence-corrected chi connectivity index (χ2v) is 5.43. The van der Waals surface area contributed by atoms with Gasteiger partial charge in [-0.15, -0.1) is 0 Å². The van der Waals surface area contributed by atoms with Crippen LogP contribution in [0.4, 0.5) is 0 Å². The van der Waals surface area contributed by atoms with Gasteiger partial charge >= 0.3 is 0 Å². The van der Waals surface area contributed by atoms with Crippen molar-refractivity contribution >= 4 is 26.8 Å². The van der Waals surface area contributed by atoms with E-state index >= 15 is 0 Å². The molecule has 3 heteroatoms. The molecule has 1 aromatic heterocycles. The maximum atomic E-state index is 4.50. The van der Waals surface area contributed by atoms with Gasteiger partial charge in [-0.2, -0.15) is 5.10 Å². The van der Waals surface area contributed by atoms with Crippen LogP contribution in [-0.2, 0) is 0 Å². The molecule has 3 rings (SSSR count). The number of nitrogens with zero attached hydrogens (tertiary/aromatic N) is 2. The van der Waals surface area contributed by atoms with Crippen molar-refractivity contribution in [2.24, 2.45) is 0 Å². The predicted octanol–water partition coefficient (Wildman–Crippen LogP) is 4.40. The Morgan fingerprint density at radius 2 is 1.89 bits per heavy atom. The molecule has 0 atom stereocenters. The average Bonchev–Trinajstić information content (AvgIpc) is 2.72. The molecule has 3 aromatic rings. The smallest absolute Gasteiger partial charge is 0.0755 e. The number of halogens is 1. The minimum atomic E-state index is 1.09. The van der Waals surface area contributed by atoms with Crippen LogP contribution >= 0.6 is 15.9 Å². The monoisotopic (exact) mass is 300 g/mol. The Morgan fingerprint density at radius 3 is 2.67 bits per heavy atom. The Morgan fingerprint density at radius 1 is 1.06 bits per heavy atom. The van der Waals surface area contributed by atoms with Gasteiger partial charge in [0.2, 0.25) is 0 Å². The van der Waals surface area contributed by atoms with E-state index in [0.717, 1.165) is 21.1 Å².